The third-order valence-electron chi connectivity index (χ3n) is 2.55. The van der Waals surface area contributed by atoms with Crippen molar-refractivity contribution in [3.05, 3.63) is 30.1 Å². The van der Waals surface area contributed by atoms with Crippen molar-refractivity contribution >= 4 is 11.7 Å². The van der Waals surface area contributed by atoms with Gasteiger partial charge in [-0.15, -0.1) is 0 Å². The predicted molar refractivity (Wildman–Crippen MR) is 61.1 cm³/mol. The zero-order chi connectivity index (χ0) is 12.1. The van der Waals surface area contributed by atoms with E-state index in [-0.39, 0.29) is 5.82 Å². The van der Waals surface area contributed by atoms with Crippen LogP contribution in [0, 0.1) is 5.82 Å². The van der Waals surface area contributed by atoms with E-state index < -0.39 is 12.0 Å². The first kappa shape index (κ1) is 12.5. The van der Waals surface area contributed by atoms with Gasteiger partial charge in [-0.25, -0.2) is 9.18 Å². The smallest absolute Gasteiger partial charge is 0.326 e. The highest BCUT2D eigenvalue weighted by atomic mass is 19.1. The normalized spacial score (nSPS) is 12.2. The van der Waals surface area contributed by atoms with Gasteiger partial charge in [-0.1, -0.05) is 19.1 Å². The first-order chi connectivity index (χ1) is 7.61. The van der Waals surface area contributed by atoms with Gasteiger partial charge >= 0.3 is 5.97 Å². The van der Waals surface area contributed by atoms with Gasteiger partial charge in [0.2, 0.25) is 0 Å². The number of hydrogen-bond acceptors (Lipinski definition) is 2. The summed E-state index contributed by atoms with van der Waals surface area (Å²) in [5.74, 6) is -1.31. The average molecular weight is 225 g/mol. The molecule has 1 aromatic rings. The number of carbonyl (C=O) groups is 1. The first-order valence-corrected chi connectivity index (χ1v) is 5.35. The summed E-state index contributed by atoms with van der Waals surface area (Å²) in [5, 5.41) is 9.06. The molecule has 0 amide bonds. The largest absolute Gasteiger partial charge is 0.480 e. The van der Waals surface area contributed by atoms with Crippen molar-refractivity contribution in [2.45, 2.75) is 26.3 Å². The summed E-state index contributed by atoms with van der Waals surface area (Å²) in [4.78, 5) is 12.6. The molecule has 0 saturated carbocycles. The van der Waals surface area contributed by atoms with Crippen molar-refractivity contribution in [2.24, 2.45) is 0 Å². The zero-order valence-corrected chi connectivity index (χ0v) is 9.48. The monoisotopic (exact) mass is 225 g/mol. The minimum atomic E-state index is -0.924. The highest BCUT2D eigenvalue weighted by Gasteiger charge is 2.24. The number of rotatable bonds is 5. The van der Waals surface area contributed by atoms with E-state index in [0.717, 1.165) is 0 Å². The molecule has 0 saturated heterocycles. The summed E-state index contributed by atoms with van der Waals surface area (Å²) in [6.07, 6.45) is 0.442. The fourth-order valence-corrected chi connectivity index (χ4v) is 1.77. The van der Waals surface area contributed by atoms with Crippen LogP contribution in [0.15, 0.2) is 24.3 Å². The van der Waals surface area contributed by atoms with Gasteiger partial charge in [0, 0.05) is 6.54 Å². The molecule has 1 rings (SSSR count). The van der Waals surface area contributed by atoms with Crippen LogP contribution in [-0.2, 0) is 4.79 Å². The van der Waals surface area contributed by atoms with Crippen molar-refractivity contribution in [3.8, 4) is 0 Å². The molecule has 3 nitrogen and oxygen atoms in total. The number of aliphatic carboxylic acids is 1. The Hall–Kier alpha value is -1.58. The van der Waals surface area contributed by atoms with Gasteiger partial charge in [0.05, 0.1) is 5.69 Å². The van der Waals surface area contributed by atoms with Crippen LogP contribution in [0.4, 0.5) is 10.1 Å². The highest BCUT2D eigenvalue weighted by Crippen LogP contribution is 2.22. The number of carboxylic acid groups (broad SMARTS) is 1. The number of hydrogen-bond donors (Lipinski definition) is 1. The van der Waals surface area contributed by atoms with Crippen molar-refractivity contribution in [1.82, 2.24) is 0 Å². The second-order valence-electron chi connectivity index (χ2n) is 3.50. The lowest BCUT2D eigenvalue weighted by Crippen LogP contribution is -2.41. The van der Waals surface area contributed by atoms with Crippen molar-refractivity contribution < 1.29 is 14.3 Å². The summed E-state index contributed by atoms with van der Waals surface area (Å²) < 4.78 is 13.6. The fraction of sp³-hybridized carbons (Fsp3) is 0.417. The minimum Gasteiger partial charge on any atom is -0.480 e. The summed E-state index contributed by atoms with van der Waals surface area (Å²) in [5.41, 5.74) is 0.347. The van der Waals surface area contributed by atoms with E-state index in [2.05, 4.69) is 0 Å². The summed E-state index contributed by atoms with van der Waals surface area (Å²) in [6.45, 7) is 4.06. The molecule has 4 heteroatoms. The van der Waals surface area contributed by atoms with Gasteiger partial charge in [0.25, 0.3) is 0 Å². The maximum Gasteiger partial charge on any atom is 0.326 e. The molecule has 0 heterocycles. The molecule has 1 N–H and O–H groups in total. The molecule has 0 radical (unpaired) electrons. The Kier molecular flexibility index (Phi) is 4.28. The molecule has 88 valence electrons. The third-order valence-corrected chi connectivity index (χ3v) is 2.55. The molecule has 0 aromatic heterocycles. The van der Waals surface area contributed by atoms with Gasteiger partial charge < -0.3 is 10.0 Å². The molecule has 0 aliphatic rings. The van der Waals surface area contributed by atoms with E-state index in [1.165, 1.54) is 6.07 Å². The predicted octanol–water partition coefficient (Wildman–Crippen LogP) is 2.52. The number of benzene rings is 1. The molecule has 16 heavy (non-hydrogen) atoms. The van der Waals surface area contributed by atoms with Crippen LogP contribution >= 0.6 is 0 Å². The molecule has 0 aliphatic carbocycles. The number of likely N-dealkylation sites (N-methyl/N-ethyl adjacent to an activating group) is 1. The number of nitrogens with zero attached hydrogens (tertiary/aromatic N) is 1. The van der Waals surface area contributed by atoms with Crippen LogP contribution in [-0.4, -0.2) is 23.7 Å². The molecule has 1 unspecified atom stereocenters. The standard InChI is InChI=1S/C12H16FNO2/c1-3-10(12(15)16)14(4-2)11-8-6-5-7-9(11)13/h5-8,10H,3-4H2,1-2H3,(H,15,16). The van der Waals surface area contributed by atoms with Crippen LogP contribution in [0.5, 0.6) is 0 Å². The molecular weight excluding hydrogens is 209 g/mol. The zero-order valence-electron chi connectivity index (χ0n) is 9.48. The topological polar surface area (TPSA) is 40.5 Å². The number of halogens is 1. The van der Waals surface area contributed by atoms with E-state index in [1.54, 1.807) is 30.0 Å². The Balaban J connectivity index is 3.06. The SMILES string of the molecule is CCC(C(=O)O)N(CC)c1ccccc1F. The van der Waals surface area contributed by atoms with Crippen LogP contribution in [0.1, 0.15) is 20.3 Å². The number of anilines is 1. The Morgan fingerprint density at radius 2 is 2.06 bits per heavy atom. The molecule has 0 aliphatic heterocycles. The van der Waals surface area contributed by atoms with Crippen LogP contribution in [0.2, 0.25) is 0 Å². The second kappa shape index (κ2) is 5.49. The summed E-state index contributed by atoms with van der Waals surface area (Å²) >= 11 is 0. The third kappa shape index (κ3) is 2.51. The van der Waals surface area contributed by atoms with E-state index in [9.17, 15) is 9.18 Å². The quantitative estimate of drug-likeness (QED) is 0.837. The van der Waals surface area contributed by atoms with Crippen LogP contribution < -0.4 is 4.90 Å². The van der Waals surface area contributed by atoms with Gasteiger partial charge in [0.15, 0.2) is 0 Å². The van der Waals surface area contributed by atoms with Crippen molar-refractivity contribution in [2.75, 3.05) is 11.4 Å². The van der Waals surface area contributed by atoms with E-state index in [0.29, 0.717) is 18.7 Å². The lowest BCUT2D eigenvalue weighted by Gasteiger charge is -2.29. The average Bonchev–Trinajstić information content (AvgIpc) is 2.26. The maximum absolute atomic E-state index is 13.6. The van der Waals surface area contributed by atoms with Crippen LogP contribution in [0.3, 0.4) is 0 Å². The Bertz CT molecular complexity index is 368. The summed E-state index contributed by atoms with van der Waals surface area (Å²) in [6, 6.07) is 5.56. The van der Waals surface area contributed by atoms with Crippen LogP contribution in [0.25, 0.3) is 0 Å². The molecule has 1 atom stereocenters. The fourth-order valence-electron chi connectivity index (χ4n) is 1.77. The number of carboxylic acids is 1. The van der Waals surface area contributed by atoms with Gasteiger partial charge in [-0.3, -0.25) is 0 Å². The first-order valence-electron chi connectivity index (χ1n) is 5.35. The lowest BCUT2D eigenvalue weighted by molar-refractivity contribution is -0.138. The Labute approximate surface area is 94.5 Å². The Morgan fingerprint density at radius 1 is 1.44 bits per heavy atom. The molecule has 1 aromatic carbocycles. The lowest BCUT2D eigenvalue weighted by atomic mass is 10.1. The molecule has 0 bridgehead atoms. The van der Waals surface area contributed by atoms with Crippen molar-refractivity contribution in [1.29, 1.82) is 0 Å². The van der Waals surface area contributed by atoms with Crippen molar-refractivity contribution in [3.63, 3.8) is 0 Å². The number of para-hydroxylation sites is 1. The second-order valence-corrected chi connectivity index (χ2v) is 3.50. The molecule has 0 fully saturated rings. The van der Waals surface area contributed by atoms with Gasteiger partial charge in [-0.2, -0.15) is 0 Å². The van der Waals surface area contributed by atoms with Gasteiger partial charge in [-0.05, 0) is 25.5 Å². The summed E-state index contributed by atoms with van der Waals surface area (Å²) in [7, 11) is 0. The van der Waals surface area contributed by atoms with Gasteiger partial charge in [0.1, 0.15) is 11.9 Å². The van der Waals surface area contributed by atoms with E-state index in [1.807, 2.05) is 6.92 Å². The van der Waals surface area contributed by atoms with E-state index in [4.69, 9.17) is 5.11 Å². The molecule has 0 spiro atoms. The minimum absolute atomic E-state index is 0.347. The Morgan fingerprint density at radius 3 is 2.50 bits per heavy atom. The highest BCUT2D eigenvalue weighted by molar-refractivity contribution is 5.78. The molecular formula is C12H16FNO2. The maximum atomic E-state index is 13.6. The van der Waals surface area contributed by atoms with E-state index >= 15 is 0 Å².